The van der Waals surface area contributed by atoms with E-state index in [0.717, 1.165) is 0 Å². The van der Waals surface area contributed by atoms with Crippen molar-refractivity contribution in [2.45, 2.75) is 0 Å². The molecule has 0 atom stereocenters. The van der Waals surface area contributed by atoms with E-state index in [2.05, 4.69) is 21.2 Å². The van der Waals surface area contributed by atoms with Crippen molar-refractivity contribution in [3.8, 4) is 0 Å². The summed E-state index contributed by atoms with van der Waals surface area (Å²) in [5.74, 6) is -0.988. The average molecular weight is 403 g/mol. The number of nitrogens with one attached hydrogen (secondary N) is 1. The topological polar surface area (TPSA) is 55.4 Å². The van der Waals surface area contributed by atoms with Gasteiger partial charge in [0.25, 0.3) is 5.91 Å². The summed E-state index contributed by atoms with van der Waals surface area (Å²) in [5.41, 5.74) is 0.853. The number of hydrogen-bond acceptors (Lipinski definition) is 3. The molecular formula is C15H10BrCl2NO3. The first-order chi connectivity index (χ1) is 10.4. The van der Waals surface area contributed by atoms with Crippen LogP contribution in [0.1, 0.15) is 20.7 Å². The van der Waals surface area contributed by atoms with Crippen LogP contribution in [0.25, 0.3) is 0 Å². The second kappa shape index (κ2) is 7.13. The predicted molar refractivity (Wildman–Crippen MR) is 89.9 cm³/mol. The molecule has 0 radical (unpaired) electrons. The summed E-state index contributed by atoms with van der Waals surface area (Å²) in [4.78, 5) is 24.1. The molecule has 0 bridgehead atoms. The van der Waals surface area contributed by atoms with Crippen LogP contribution in [0.2, 0.25) is 10.0 Å². The number of amides is 1. The van der Waals surface area contributed by atoms with Crippen LogP contribution in [-0.4, -0.2) is 19.0 Å². The van der Waals surface area contributed by atoms with Crippen LogP contribution in [0.15, 0.2) is 40.9 Å². The van der Waals surface area contributed by atoms with Crippen LogP contribution in [0.3, 0.4) is 0 Å². The zero-order valence-corrected chi connectivity index (χ0v) is 14.4. The Labute approximate surface area is 145 Å². The highest BCUT2D eigenvalue weighted by molar-refractivity contribution is 9.10. The summed E-state index contributed by atoms with van der Waals surface area (Å²) in [7, 11) is 1.27. The molecule has 1 amide bonds. The van der Waals surface area contributed by atoms with Crippen LogP contribution in [0.5, 0.6) is 0 Å². The first-order valence-corrected chi connectivity index (χ1v) is 7.61. The molecule has 7 heteroatoms. The van der Waals surface area contributed by atoms with Crippen molar-refractivity contribution in [1.29, 1.82) is 0 Å². The molecule has 2 aromatic rings. The highest BCUT2D eigenvalue weighted by atomic mass is 79.9. The largest absolute Gasteiger partial charge is 0.465 e. The van der Waals surface area contributed by atoms with Crippen molar-refractivity contribution >= 4 is 56.7 Å². The van der Waals surface area contributed by atoms with Gasteiger partial charge < -0.3 is 10.1 Å². The van der Waals surface area contributed by atoms with Gasteiger partial charge in [-0.15, -0.1) is 0 Å². The van der Waals surface area contributed by atoms with Crippen molar-refractivity contribution in [3.63, 3.8) is 0 Å². The molecule has 2 rings (SSSR count). The van der Waals surface area contributed by atoms with Crippen LogP contribution in [0.4, 0.5) is 5.69 Å². The maximum atomic E-state index is 12.3. The Morgan fingerprint density at radius 2 is 1.73 bits per heavy atom. The summed E-state index contributed by atoms with van der Waals surface area (Å²) < 4.78 is 5.40. The predicted octanol–water partition coefficient (Wildman–Crippen LogP) is 4.79. The number of ether oxygens (including phenoxy) is 1. The van der Waals surface area contributed by atoms with Crippen LogP contribution >= 0.6 is 39.1 Å². The summed E-state index contributed by atoms with van der Waals surface area (Å²) in [6.45, 7) is 0. The summed E-state index contributed by atoms with van der Waals surface area (Å²) in [6.07, 6.45) is 0. The van der Waals surface area contributed by atoms with Crippen LogP contribution in [-0.2, 0) is 4.74 Å². The molecule has 0 heterocycles. The molecule has 0 spiro atoms. The summed E-state index contributed by atoms with van der Waals surface area (Å²) in [6, 6.07) is 9.36. The van der Waals surface area contributed by atoms with E-state index >= 15 is 0 Å². The lowest BCUT2D eigenvalue weighted by Crippen LogP contribution is -2.15. The summed E-state index contributed by atoms with van der Waals surface area (Å²) in [5, 5.41) is 3.34. The van der Waals surface area contributed by atoms with E-state index in [0.29, 0.717) is 20.2 Å². The maximum Gasteiger partial charge on any atom is 0.340 e. The lowest BCUT2D eigenvalue weighted by atomic mass is 10.1. The minimum atomic E-state index is -0.555. The fourth-order valence-corrected chi connectivity index (χ4v) is 2.67. The minimum absolute atomic E-state index is 0.235. The molecule has 0 aliphatic rings. The first-order valence-electron chi connectivity index (χ1n) is 6.06. The van der Waals surface area contributed by atoms with Crippen LogP contribution in [0, 0.1) is 0 Å². The van der Waals surface area contributed by atoms with Gasteiger partial charge in [0, 0.05) is 20.1 Å². The Morgan fingerprint density at radius 1 is 1.09 bits per heavy atom. The number of esters is 1. The fraction of sp³-hybridized carbons (Fsp3) is 0.0667. The fourth-order valence-electron chi connectivity index (χ4n) is 1.78. The number of halogens is 3. The monoisotopic (exact) mass is 401 g/mol. The van der Waals surface area contributed by atoms with E-state index in [9.17, 15) is 9.59 Å². The van der Waals surface area contributed by atoms with Crippen molar-refractivity contribution in [3.05, 3.63) is 62.0 Å². The Balaban J connectivity index is 2.34. The van der Waals surface area contributed by atoms with E-state index < -0.39 is 11.9 Å². The molecule has 0 saturated carbocycles. The molecule has 4 nitrogen and oxygen atoms in total. The van der Waals surface area contributed by atoms with Gasteiger partial charge in [0.1, 0.15) is 0 Å². The van der Waals surface area contributed by atoms with Gasteiger partial charge in [-0.2, -0.15) is 0 Å². The lowest BCUT2D eigenvalue weighted by molar-refractivity contribution is 0.0602. The molecule has 0 aliphatic heterocycles. The Bertz CT molecular complexity index is 729. The molecule has 1 N–H and O–H groups in total. The minimum Gasteiger partial charge on any atom is -0.465 e. The quantitative estimate of drug-likeness (QED) is 0.750. The zero-order valence-electron chi connectivity index (χ0n) is 11.3. The van der Waals surface area contributed by atoms with Crippen molar-refractivity contribution in [1.82, 2.24) is 0 Å². The molecule has 0 fully saturated rings. The number of carbonyl (C=O) groups is 2. The van der Waals surface area contributed by atoms with E-state index in [1.54, 1.807) is 18.2 Å². The van der Waals surface area contributed by atoms with Gasteiger partial charge in [0.15, 0.2) is 0 Å². The average Bonchev–Trinajstić information content (AvgIpc) is 2.47. The summed E-state index contributed by atoms with van der Waals surface area (Å²) >= 11 is 15.0. The lowest BCUT2D eigenvalue weighted by Gasteiger charge is -2.10. The second-order valence-electron chi connectivity index (χ2n) is 4.29. The van der Waals surface area contributed by atoms with Gasteiger partial charge in [-0.05, 0) is 36.4 Å². The third-order valence-corrected chi connectivity index (χ3v) is 3.69. The molecule has 114 valence electrons. The van der Waals surface area contributed by atoms with Crippen molar-refractivity contribution in [2.24, 2.45) is 0 Å². The first kappa shape index (κ1) is 16.8. The number of rotatable bonds is 3. The van der Waals surface area contributed by atoms with E-state index in [-0.39, 0.29) is 11.1 Å². The van der Waals surface area contributed by atoms with Gasteiger partial charge in [-0.1, -0.05) is 39.1 Å². The Morgan fingerprint density at radius 3 is 2.32 bits per heavy atom. The Hall–Kier alpha value is -1.56. The zero-order chi connectivity index (χ0) is 16.3. The van der Waals surface area contributed by atoms with Gasteiger partial charge in [-0.3, -0.25) is 4.79 Å². The number of hydrogen-bond donors (Lipinski definition) is 1. The molecular weight excluding hydrogens is 393 g/mol. The van der Waals surface area contributed by atoms with Gasteiger partial charge in [-0.25, -0.2) is 4.79 Å². The van der Waals surface area contributed by atoms with Crippen molar-refractivity contribution < 1.29 is 14.3 Å². The third-order valence-electron chi connectivity index (χ3n) is 2.76. The molecule has 0 aliphatic carbocycles. The van der Waals surface area contributed by atoms with Gasteiger partial charge in [0.2, 0.25) is 0 Å². The second-order valence-corrected chi connectivity index (χ2v) is 6.08. The smallest absolute Gasteiger partial charge is 0.340 e. The number of carbonyl (C=O) groups excluding carboxylic acids is 2. The van der Waals surface area contributed by atoms with Gasteiger partial charge >= 0.3 is 5.97 Å². The van der Waals surface area contributed by atoms with E-state index in [4.69, 9.17) is 27.9 Å². The van der Waals surface area contributed by atoms with E-state index in [1.807, 2.05) is 0 Å². The SMILES string of the molecule is COC(=O)c1cc(Br)ccc1NC(=O)c1cc(Cl)cc(Cl)c1. The maximum absolute atomic E-state index is 12.3. The number of benzene rings is 2. The van der Waals surface area contributed by atoms with Crippen LogP contribution < -0.4 is 5.32 Å². The molecule has 0 saturated heterocycles. The van der Waals surface area contributed by atoms with E-state index in [1.165, 1.54) is 25.3 Å². The number of methoxy groups -OCH3 is 1. The Kier molecular flexibility index (Phi) is 5.45. The number of anilines is 1. The standard InChI is InChI=1S/C15H10BrCl2NO3/c1-22-15(21)12-6-9(16)2-3-13(12)19-14(20)8-4-10(17)7-11(18)5-8/h2-7H,1H3,(H,19,20). The van der Waals surface area contributed by atoms with Gasteiger partial charge in [0.05, 0.1) is 18.4 Å². The third kappa shape index (κ3) is 4.00. The normalized spacial score (nSPS) is 10.2. The molecule has 22 heavy (non-hydrogen) atoms. The molecule has 0 unspecified atom stereocenters. The highest BCUT2D eigenvalue weighted by Gasteiger charge is 2.16. The molecule has 0 aromatic heterocycles. The highest BCUT2D eigenvalue weighted by Crippen LogP contribution is 2.24. The molecule has 2 aromatic carbocycles. The van der Waals surface area contributed by atoms with Crippen molar-refractivity contribution in [2.75, 3.05) is 12.4 Å².